The Hall–Kier alpha value is -2.54. The second-order valence-electron chi connectivity index (χ2n) is 7.49. The summed E-state index contributed by atoms with van der Waals surface area (Å²) in [7, 11) is 0. The highest BCUT2D eigenvalue weighted by Gasteiger charge is 2.24. The predicted octanol–water partition coefficient (Wildman–Crippen LogP) is 4.58. The molecule has 0 saturated carbocycles. The van der Waals surface area contributed by atoms with Crippen molar-refractivity contribution >= 4 is 23.5 Å². The van der Waals surface area contributed by atoms with Crippen molar-refractivity contribution in [1.29, 1.82) is 0 Å². The van der Waals surface area contributed by atoms with Gasteiger partial charge in [-0.2, -0.15) is 0 Å². The van der Waals surface area contributed by atoms with Crippen molar-refractivity contribution in [1.82, 2.24) is 14.8 Å². The van der Waals surface area contributed by atoms with Gasteiger partial charge in [0.2, 0.25) is 5.95 Å². The molecule has 2 aromatic heterocycles. The monoisotopic (exact) mass is 410 g/mol. The van der Waals surface area contributed by atoms with E-state index in [2.05, 4.69) is 19.7 Å². The number of benzene rings is 1. The summed E-state index contributed by atoms with van der Waals surface area (Å²) < 4.78 is 7.64. The summed E-state index contributed by atoms with van der Waals surface area (Å²) in [6, 6.07) is 11.6. The zero-order chi connectivity index (χ0) is 20.2. The SMILES string of the molecule is Cc1ccc(C(=O)C(C)Sc2nnc(N3CCCCC3)n2Cc2ccco2)cc1. The van der Waals surface area contributed by atoms with Gasteiger partial charge in [-0.05, 0) is 45.2 Å². The molecule has 6 nitrogen and oxygen atoms in total. The highest BCUT2D eigenvalue weighted by Crippen LogP contribution is 2.29. The maximum Gasteiger partial charge on any atom is 0.228 e. The van der Waals surface area contributed by atoms with E-state index < -0.39 is 0 Å². The van der Waals surface area contributed by atoms with Crippen LogP contribution in [-0.2, 0) is 6.54 Å². The average molecular weight is 411 g/mol. The minimum absolute atomic E-state index is 0.0991. The quantitative estimate of drug-likeness (QED) is 0.420. The summed E-state index contributed by atoms with van der Waals surface area (Å²) in [6.07, 6.45) is 5.26. The summed E-state index contributed by atoms with van der Waals surface area (Å²) in [6.45, 7) is 6.47. The molecule has 1 aliphatic heterocycles. The Morgan fingerprint density at radius 2 is 1.90 bits per heavy atom. The van der Waals surface area contributed by atoms with E-state index in [4.69, 9.17) is 4.42 Å². The number of carbonyl (C=O) groups is 1. The van der Waals surface area contributed by atoms with Gasteiger partial charge in [-0.15, -0.1) is 10.2 Å². The standard InChI is InChI=1S/C22H26N4O2S/c1-16-8-10-18(11-9-16)20(27)17(2)29-22-24-23-21(25-12-4-3-5-13-25)26(22)15-19-7-6-14-28-19/h6-11,14,17H,3-5,12-13,15H2,1-2H3. The molecule has 1 unspecified atom stereocenters. The van der Waals surface area contributed by atoms with Gasteiger partial charge < -0.3 is 9.32 Å². The number of Topliss-reactive ketones (excluding diaryl/α,β-unsaturated/α-hetero) is 1. The summed E-state index contributed by atoms with van der Waals surface area (Å²) in [4.78, 5) is 15.2. The van der Waals surface area contributed by atoms with Gasteiger partial charge in [0.1, 0.15) is 5.76 Å². The fourth-order valence-corrected chi connectivity index (χ4v) is 4.48. The van der Waals surface area contributed by atoms with E-state index in [1.165, 1.54) is 31.0 Å². The first-order valence-corrected chi connectivity index (χ1v) is 11.0. The lowest BCUT2D eigenvalue weighted by Gasteiger charge is -2.27. The number of piperidine rings is 1. The molecule has 0 amide bonds. The molecular formula is C22H26N4O2S. The van der Waals surface area contributed by atoms with Crippen LogP contribution in [0.4, 0.5) is 5.95 Å². The van der Waals surface area contributed by atoms with Gasteiger partial charge in [0.15, 0.2) is 10.9 Å². The van der Waals surface area contributed by atoms with E-state index in [-0.39, 0.29) is 11.0 Å². The van der Waals surface area contributed by atoms with E-state index in [0.29, 0.717) is 6.54 Å². The number of ketones is 1. The van der Waals surface area contributed by atoms with Crippen LogP contribution < -0.4 is 4.90 Å². The van der Waals surface area contributed by atoms with Crippen molar-refractivity contribution in [2.24, 2.45) is 0 Å². The summed E-state index contributed by atoms with van der Waals surface area (Å²) in [5.41, 5.74) is 1.87. The van der Waals surface area contributed by atoms with Gasteiger partial charge in [0, 0.05) is 18.7 Å². The lowest BCUT2D eigenvalue weighted by atomic mass is 10.1. The van der Waals surface area contributed by atoms with Gasteiger partial charge >= 0.3 is 0 Å². The highest BCUT2D eigenvalue weighted by atomic mass is 32.2. The normalized spacial score (nSPS) is 15.4. The number of carbonyl (C=O) groups excluding carboxylic acids is 1. The second kappa shape index (κ2) is 8.86. The Labute approximate surface area is 175 Å². The molecule has 0 bridgehead atoms. The number of nitrogens with zero attached hydrogens (tertiary/aromatic N) is 4. The average Bonchev–Trinajstić information content (AvgIpc) is 3.39. The van der Waals surface area contributed by atoms with Gasteiger partial charge in [-0.3, -0.25) is 9.36 Å². The highest BCUT2D eigenvalue weighted by molar-refractivity contribution is 8.00. The Morgan fingerprint density at radius 3 is 2.59 bits per heavy atom. The maximum absolute atomic E-state index is 12.9. The topological polar surface area (TPSA) is 64.2 Å². The van der Waals surface area contributed by atoms with Gasteiger partial charge in [0.05, 0.1) is 18.1 Å². The van der Waals surface area contributed by atoms with Crippen LogP contribution in [0.25, 0.3) is 0 Å². The number of hydrogen-bond donors (Lipinski definition) is 0. The summed E-state index contributed by atoms with van der Waals surface area (Å²) >= 11 is 1.46. The number of thioether (sulfide) groups is 1. The lowest BCUT2D eigenvalue weighted by molar-refractivity contribution is 0.0994. The molecule has 1 aromatic carbocycles. The largest absolute Gasteiger partial charge is 0.467 e. The molecule has 4 rings (SSSR count). The molecule has 1 fully saturated rings. The third kappa shape index (κ3) is 4.56. The summed E-state index contributed by atoms with van der Waals surface area (Å²) in [5, 5.41) is 9.41. The minimum atomic E-state index is -0.258. The molecule has 1 saturated heterocycles. The van der Waals surface area contributed by atoms with Crippen molar-refractivity contribution in [3.8, 4) is 0 Å². The number of rotatable bonds is 7. The van der Waals surface area contributed by atoms with E-state index in [0.717, 1.165) is 41.1 Å². The number of aromatic nitrogens is 3. The molecule has 3 heterocycles. The smallest absolute Gasteiger partial charge is 0.228 e. The molecule has 1 aliphatic rings. The molecule has 3 aromatic rings. The van der Waals surface area contributed by atoms with Gasteiger partial charge in [-0.1, -0.05) is 41.6 Å². The molecule has 29 heavy (non-hydrogen) atoms. The van der Waals surface area contributed by atoms with Crippen molar-refractivity contribution in [2.45, 2.75) is 50.1 Å². The molecule has 7 heteroatoms. The van der Waals surface area contributed by atoms with Crippen molar-refractivity contribution in [3.63, 3.8) is 0 Å². The Kier molecular flexibility index (Phi) is 6.04. The predicted molar refractivity (Wildman–Crippen MR) is 115 cm³/mol. The molecule has 1 atom stereocenters. The summed E-state index contributed by atoms with van der Waals surface area (Å²) in [5.74, 6) is 1.81. The fraction of sp³-hybridized carbons (Fsp3) is 0.409. The molecule has 0 spiro atoms. The molecule has 0 N–H and O–H groups in total. The van der Waals surface area contributed by atoms with Crippen LogP contribution in [0.5, 0.6) is 0 Å². The molecule has 0 radical (unpaired) electrons. The van der Waals surface area contributed by atoms with Crippen LogP contribution in [0.15, 0.2) is 52.2 Å². The van der Waals surface area contributed by atoms with Crippen LogP contribution in [0.1, 0.15) is 47.9 Å². The van der Waals surface area contributed by atoms with Gasteiger partial charge in [0.25, 0.3) is 0 Å². The van der Waals surface area contributed by atoms with Crippen molar-refractivity contribution in [2.75, 3.05) is 18.0 Å². The van der Waals surface area contributed by atoms with Crippen LogP contribution in [0.3, 0.4) is 0 Å². The number of hydrogen-bond acceptors (Lipinski definition) is 6. The third-order valence-corrected chi connectivity index (χ3v) is 6.30. The third-order valence-electron chi connectivity index (χ3n) is 5.22. The first-order chi connectivity index (χ1) is 14.1. The number of anilines is 1. The fourth-order valence-electron chi connectivity index (χ4n) is 3.56. The minimum Gasteiger partial charge on any atom is -0.467 e. The Balaban J connectivity index is 1.57. The number of aryl methyl sites for hydroxylation is 1. The molecular weight excluding hydrogens is 384 g/mol. The maximum atomic E-state index is 12.9. The van der Waals surface area contributed by atoms with Crippen LogP contribution in [-0.4, -0.2) is 38.9 Å². The van der Waals surface area contributed by atoms with Crippen LogP contribution in [0, 0.1) is 6.92 Å². The Bertz CT molecular complexity index is 944. The van der Waals surface area contributed by atoms with Crippen molar-refractivity contribution < 1.29 is 9.21 Å². The van der Waals surface area contributed by atoms with Crippen LogP contribution >= 0.6 is 11.8 Å². The van der Waals surface area contributed by atoms with E-state index >= 15 is 0 Å². The number of furan rings is 1. The second-order valence-corrected chi connectivity index (χ2v) is 8.79. The lowest BCUT2D eigenvalue weighted by Crippen LogP contribution is -2.32. The molecule has 0 aliphatic carbocycles. The molecule has 152 valence electrons. The first-order valence-electron chi connectivity index (χ1n) is 10.1. The zero-order valence-electron chi connectivity index (χ0n) is 16.9. The van der Waals surface area contributed by atoms with E-state index in [1.807, 2.05) is 50.2 Å². The van der Waals surface area contributed by atoms with Gasteiger partial charge in [-0.25, -0.2) is 0 Å². The van der Waals surface area contributed by atoms with Crippen molar-refractivity contribution in [3.05, 3.63) is 59.5 Å². The van der Waals surface area contributed by atoms with E-state index in [1.54, 1.807) is 6.26 Å². The Morgan fingerprint density at radius 1 is 1.14 bits per heavy atom. The van der Waals surface area contributed by atoms with Crippen LogP contribution in [0.2, 0.25) is 0 Å². The first kappa shape index (κ1) is 19.8. The van der Waals surface area contributed by atoms with E-state index in [9.17, 15) is 4.79 Å². The zero-order valence-corrected chi connectivity index (χ0v) is 17.7.